The average molecular weight is 291 g/mol. The maximum Gasteiger partial charge on any atom is 0.134 e. The number of hydrogen-bond acceptors (Lipinski definition) is 5. The van der Waals surface area contributed by atoms with Gasteiger partial charge in [0.05, 0.1) is 11.3 Å². The zero-order valence-corrected chi connectivity index (χ0v) is 12.7. The summed E-state index contributed by atoms with van der Waals surface area (Å²) in [5, 5.41) is 14.8. The smallest absolute Gasteiger partial charge is 0.134 e. The SMILES string of the molecule is CCC(NC)c1nnc(C2Cc3ccccc3S2)s1. The first kappa shape index (κ1) is 13.1. The Bertz CT molecular complexity index is 538. The second kappa shape index (κ2) is 5.61. The van der Waals surface area contributed by atoms with Crippen molar-refractivity contribution in [3.63, 3.8) is 0 Å². The molecule has 0 spiro atoms. The third kappa shape index (κ3) is 2.55. The number of thioether (sulfide) groups is 1. The van der Waals surface area contributed by atoms with E-state index in [0.29, 0.717) is 11.3 Å². The average Bonchev–Trinajstić information content (AvgIpc) is 3.06. The summed E-state index contributed by atoms with van der Waals surface area (Å²) in [7, 11) is 1.98. The maximum absolute atomic E-state index is 4.41. The highest BCUT2D eigenvalue weighted by Gasteiger charge is 2.27. The number of rotatable bonds is 4. The predicted molar refractivity (Wildman–Crippen MR) is 80.7 cm³/mol. The summed E-state index contributed by atoms with van der Waals surface area (Å²) >= 11 is 3.67. The minimum Gasteiger partial charge on any atom is -0.311 e. The minimum absolute atomic E-state index is 0.333. The minimum atomic E-state index is 0.333. The molecule has 2 unspecified atom stereocenters. The van der Waals surface area contributed by atoms with Gasteiger partial charge in [-0.3, -0.25) is 0 Å². The van der Waals surface area contributed by atoms with Crippen LogP contribution in [-0.4, -0.2) is 17.2 Å². The van der Waals surface area contributed by atoms with Gasteiger partial charge in [0.2, 0.25) is 0 Å². The summed E-state index contributed by atoms with van der Waals surface area (Å²) < 4.78 is 0. The van der Waals surface area contributed by atoms with Gasteiger partial charge in [-0.1, -0.05) is 36.5 Å². The van der Waals surface area contributed by atoms with Crippen molar-refractivity contribution in [2.45, 2.75) is 36.0 Å². The van der Waals surface area contributed by atoms with E-state index in [9.17, 15) is 0 Å². The molecule has 2 aromatic rings. The fourth-order valence-corrected chi connectivity index (χ4v) is 4.82. The zero-order chi connectivity index (χ0) is 13.2. The van der Waals surface area contributed by atoms with Crippen molar-refractivity contribution in [2.75, 3.05) is 7.05 Å². The van der Waals surface area contributed by atoms with E-state index < -0.39 is 0 Å². The molecule has 1 N–H and O–H groups in total. The highest BCUT2D eigenvalue weighted by Crippen LogP contribution is 2.47. The van der Waals surface area contributed by atoms with Crippen molar-refractivity contribution in [2.24, 2.45) is 0 Å². The van der Waals surface area contributed by atoms with E-state index in [2.05, 4.69) is 46.7 Å². The molecule has 0 aliphatic carbocycles. The number of nitrogens with zero attached hydrogens (tertiary/aromatic N) is 2. The van der Waals surface area contributed by atoms with Gasteiger partial charge >= 0.3 is 0 Å². The largest absolute Gasteiger partial charge is 0.311 e. The van der Waals surface area contributed by atoms with Crippen LogP contribution in [0.1, 0.15) is 40.2 Å². The van der Waals surface area contributed by atoms with E-state index in [4.69, 9.17) is 0 Å². The number of hydrogen-bond donors (Lipinski definition) is 1. The molecule has 3 nitrogen and oxygen atoms in total. The summed E-state index contributed by atoms with van der Waals surface area (Å²) in [6, 6.07) is 8.96. The quantitative estimate of drug-likeness (QED) is 0.934. The van der Waals surface area contributed by atoms with Crippen molar-refractivity contribution in [1.82, 2.24) is 15.5 Å². The molecular weight excluding hydrogens is 274 g/mol. The molecule has 2 heterocycles. The van der Waals surface area contributed by atoms with Crippen molar-refractivity contribution >= 4 is 23.1 Å². The highest BCUT2D eigenvalue weighted by atomic mass is 32.2. The Hall–Kier alpha value is -0.910. The molecular formula is C14H17N3S2. The van der Waals surface area contributed by atoms with Crippen molar-refractivity contribution < 1.29 is 0 Å². The van der Waals surface area contributed by atoms with Crippen LogP contribution in [0, 0.1) is 0 Å². The van der Waals surface area contributed by atoms with Gasteiger partial charge in [-0.15, -0.1) is 22.0 Å². The first-order valence-electron chi connectivity index (χ1n) is 6.57. The second-order valence-corrected chi connectivity index (χ2v) is 6.93. The van der Waals surface area contributed by atoms with Crippen LogP contribution >= 0.6 is 23.1 Å². The fourth-order valence-electron chi connectivity index (χ4n) is 2.34. The topological polar surface area (TPSA) is 37.8 Å². The molecule has 0 amide bonds. The maximum atomic E-state index is 4.41. The van der Waals surface area contributed by atoms with Gasteiger partial charge in [0.1, 0.15) is 10.0 Å². The van der Waals surface area contributed by atoms with Crippen LogP contribution in [0.25, 0.3) is 0 Å². The van der Waals surface area contributed by atoms with Crippen LogP contribution in [0.2, 0.25) is 0 Å². The van der Waals surface area contributed by atoms with E-state index in [1.807, 2.05) is 18.8 Å². The lowest BCUT2D eigenvalue weighted by atomic mass is 10.1. The van der Waals surface area contributed by atoms with Gasteiger partial charge in [-0.25, -0.2) is 0 Å². The van der Waals surface area contributed by atoms with Crippen LogP contribution in [0.5, 0.6) is 0 Å². The Kier molecular flexibility index (Phi) is 3.86. The predicted octanol–water partition coefficient (Wildman–Crippen LogP) is 3.60. The van der Waals surface area contributed by atoms with Crippen molar-refractivity contribution in [3.05, 3.63) is 39.8 Å². The lowest BCUT2D eigenvalue weighted by molar-refractivity contribution is 0.568. The van der Waals surface area contributed by atoms with Crippen LogP contribution in [0.4, 0.5) is 0 Å². The molecule has 5 heteroatoms. The molecule has 3 rings (SSSR count). The summed E-state index contributed by atoms with van der Waals surface area (Å²) in [6.45, 7) is 2.17. The lowest BCUT2D eigenvalue weighted by Crippen LogP contribution is -2.14. The number of nitrogens with one attached hydrogen (secondary N) is 1. The van der Waals surface area contributed by atoms with Gasteiger partial charge < -0.3 is 5.32 Å². The van der Waals surface area contributed by atoms with Gasteiger partial charge in [0.25, 0.3) is 0 Å². The van der Waals surface area contributed by atoms with Crippen LogP contribution in [-0.2, 0) is 6.42 Å². The zero-order valence-electron chi connectivity index (χ0n) is 11.1. The molecule has 0 fully saturated rings. The van der Waals surface area contributed by atoms with Crippen LogP contribution < -0.4 is 5.32 Å². The Morgan fingerprint density at radius 2 is 2.21 bits per heavy atom. The molecule has 0 saturated carbocycles. The molecule has 0 saturated heterocycles. The molecule has 1 aromatic heterocycles. The molecule has 0 bridgehead atoms. The molecule has 0 radical (unpaired) electrons. The number of fused-ring (bicyclic) bond motifs is 1. The summed E-state index contributed by atoms with van der Waals surface area (Å²) in [6.07, 6.45) is 2.12. The molecule has 100 valence electrons. The third-order valence-electron chi connectivity index (χ3n) is 3.43. The van der Waals surface area contributed by atoms with E-state index in [1.165, 1.54) is 10.5 Å². The summed E-state index contributed by atoms with van der Waals surface area (Å²) in [5.41, 5.74) is 1.44. The van der Waals surface area contributed by atoms with Crippen molar-refractivity contribution in [1.29, 1.82) is 0 Å². The molecule has 1 aromatic carbocycles. The van der Waals surface area contributed by atoms with Gasteiger partial charge in [-0.05, 0) is 31.5 Å². The third-order valence-corrected chi connectivity index (χ3v) is 6.06. The monoisotopic (exact) mass is 291 g/mol. The van der Waals surface area contributed by atoms with Crippen molar-refractivity contribution in [3.8, 4) is 0 Å². The first-order chi connectivity index (χ1) is 9.31. The van der Waals surface area contributed by atoms with Crippen LogP contribution in [0.15, 0.2) is 29.2 Å². The highest BCUT2D eigenvalue weighted by molar-refractivity contribution is 8.00. The van der Waals surface area contributed by atoms with Gasteiger partial charge in [-0.2, -0.15) is 0 Å². The number of aromatic nitrogens is 2. The Morgan fingerprint density at radius 1 is 1.37 bits per heavy atom. The summed E-state index contributed by atoms with van der Waals surface area (Å²) in [5.74, 6) is 0. The first-order valence-corrected chi connectivity index (χ1v) is 8.26. The van der Waals surface area contributed by atoms with E-state index >= 15 is 0 Å². The lowest BCUT2D eigenvalue weighted by Gasteiger charge is -2.08. The van der Waals surface area contributed by atoms with E-state index in [-0.39, 0.29) is 0 Å². The van der Waals surface area contributed by atoms with Gasteiger partial charge in [0.15, 0.2) is 0 Å². The fraction of sp³-hybridized carbons (Fsp3) is 0.429. The Labute approximate surface area is 121 Å². The molecule has 1 aliphatic rings. The van der Waals surface area contributed by atoms with E-state index in [0.717, 1.165) is 22.9 Å². The second-order valence-electron chi connectivity index (χ2n) is 4.65. The molecule has 19 heavy (non-hydrogen) atoms. The summed E-state index contributed by atoms with van der Waals surface area (Å²) in [4.78, 5) is 1.39. The normalized spacial score (nSPS) is 19.4. The molecule has 1 aliphatic heterocycles. The standard InChI is InChI=1S/C14H17N3S2/c1-3-10(15-2)13-16-17-14(19-13)12-8-9-6-4-5-7-11(9)18-12/h4-7,10,12,15H,3,8H2,1-2H3. The molecule has 2 atom stereocenters. The number of benzene rings is 1. The van der Waals surface area contributed by atoms with Gasteiger partial charge in [0, 0.05) is 4.90 Å². The Balaban J connectivity index is 1.79. The Morgan fingerprint density at radius 3 is 2.95 bits per heavy atom. The van der Waals surface area contributed by atoms with Crippen LogP contribution in [0.3, 0.4) is 0 Å². The van der Waals surface area contributed by atoms with E-state index in [1.54, 1.807) is 11.3 Å².